The Balaban J connectivity index is 2.07. The lowest BCUT2D eigenvalue weighted by molar-refractivity contribution is -0.114. The maximum atomic E-state index is 12.0. The second kappa shape index (κ2) is 7.61. The molecule has 2 N–H and O–H groups in total. The molecular weight excluding hydrogens is 312 g/mol. The molecule has 0 saturated heterocycles. The van der Waals surface area contributed by atoms with Crippen LogP contribution in [0.3, 0.4) is 0 Å². The number of hydrogen-bond acceptors (Lipinski definition) is 2. The molecule has 0 bridgehead atoms. The van der Waals surface area contributed by atoms with E-state index in [1.807, 2.05) is 31.2 Å². The standard InChI is InChI=1S/C18H17ClN2O2/c1-12-3-5-14(6-4-12)7-10-18(23)21-17-11-15(20-13(2)22)8-9-16(17)19/h3-11H,1-2H3,(H,20,22)(H,21,23)/b10-7+. The average molecular weight is 329 g/mol. The van der Waals surface area contributed by atoms with Crippen molar-refractivity contribution in [3.8, 4) is 0 Å². The highest BCUT2D eigenvalue weighted by Crippen LogP contribution is 2.25. The van der Waals surface area contributed by atoms with Crippen LogP contribution in [-0.2, 0) is 9.59 Å². The first kappa shape index (κ1) is 16.8. The van der Waals surface area contributed by atoms with Gasteiger partial charge in [-0.1, -0.05) is 41.4 Å². The third-order valence-corrected chi connectivity index (χ3v) is 3.38. The van der Waals surface area contributed by atoms with Crippen LogP contribution >= 0.6 is 11.6 Å². The van der Waals surface area contributed by atoms with Crippen molar-refractivity contribution in [1.29, 1.82) is 0 Å². The fraction of sp³-hybridized carbons (Fsp3) is 0.111. The number of nitrogens with one attached hydrogen (secondary N) is 2. The predicted octanol–water partition coefficient (Wildman–Crippen LogP) is 4.26. The van der Waals surface area contributed by atoms with E-state index in [1.54, 1.807) is 24.3 Å². The number of carbonyl (C=O) groups is 2. The van der Waals surface area contributed by atoms with Crippen molar-refractivity contribution >= 4 is 40.9 Å². The van der Waals surface area contributed by atoms with Crippen LogP contribution in [0.25, 0.3) is 6.08 Å². The number of anilines is 2. The summed E-state index contributed by atoms with van der Waals surface area (Å²) in [7, 11) is 0. The molecule has 2 aromatic carbocycles. The molecule has 0 atom stereocenters. The highest BCUT2D eigenvalue weighted by Gasteiger charge is 2.05. The summed E-state index contributed by atoms with van der Waals surface area (Å²) < 4.78 is 0. The molecule has 5 heteroatoms. The van der Waals surface area contributed by atoms with E-state index in [-0.39, 0.29) is 11.8 Å². The Kier molecular flexibility index (Phi) is 5.55. The molecule has 0 aliphatic rings. The molecule has 0 aromatic heterocycles. The van der Waals surface area contributed by atoms with E-state index >= 15 is 0 Å². The number of benzene rings is 2. The van der Waals surface area contributed by atoms with E-state index in [2.05, 4.69) is 10.6 Å². The fourth-order valence-electron chi connectivity index (χ4n) is 1.93. The van der Waals surface area contributed by atoms with Crippen molar-refractivity contribution in [1.82, 2.24) is 0 Å². The quantitative estimate of drug-likeness (QED) is 0.824. The highest BCUT2D eigenvalue weighted by molar-refractivity contribution is 6.34. The maximum absolute atomic E-state index is 12.0. The Morgan fingerprint density at radius 3 is 2.39 bits per heavy atom. The van der Waals surface area contributed by atoms with Gasteiger partial charge in [0, 0.05) is 18.7 Å². The number of amides is 2. The monoisotopic (exact) mass is 328 g/mol. The molecule has 0 fully saturated rings. The summed E-state index contributed by atoms with van der Waals surface area (Å²) in [5, 5.41) is 5.74. The van der Waals surface area contributed by atoms with Crippen LogP contribution in [-0.4, -0.2) is 11.8 Å². The SMILES string of the molecule is CC(=O)Nc1ccc(Cl)c(NC(=O)/C=C/c2ccc(C)cc2)c1. The van der Waals surface area contributed by atoms with Gasteiger partial charge in [-0.2, -0.15) is 0 Å². The summed E-state index contributed by atoms with van der Waals surface area (Å²) in [5.41, 5.74) is 3.10. The van der Waals surface area contributed by atoms with E-state index in [0.29, 0.717) is 16.4 Å². The van der Waals surface area contributed by atoms with Crippen LogP contribution in [0.4, 0.5) is 11.4 Å². The smallest absolute Gasteiger partial charge is 0.248 e. The number of aryl methyl sites for hydroxylation is 1. The van der Waals surface area contributed by atoms with Crippen molar-refractivity contribution in [2.75, 3.05) is 10.6 Å². The predicted molar refractivity (Wildman–Crippen MR) is 94.6 cm³/mol. The van der Waals surface area contributed by atoms with Crippen LogP contribution in [0.15, 0.2) is 48.5 Å². The zero-order chi connectivity index (χ0) is 16.8. The van der Waals surface area contributed by atoms with Crippen molar-refractivity contribution in [3.05, 3.63) is 64.7 Å². The van der Waals surface area contributed by atoms with Gasteiger partial charge in [0.1, 0.15) is 0 Å². The van der Waals surface area contributed by atoms with Crippen molar-refractivity contribution < 1.29 is 9.59 Å². The molecule has 0 aliphatic heterocycles. The van der Waals surface area contributed by atoms with Gasteiger partial charge in [0.25, 0.3) is 0 Å². The van der Waals surface area contributed by atoms with Crippen molar-refractivity contribution in [3.63, 3.8) is 0 Å². The molecule has 23 heavy (non-hydrogen) atoms. The zero-order valence-electron chi connectivity index (χ0n) is 12.9. The molecule has 0 unspecified atom stereocenters. The highest BCUT2D eigenvalue weighted by atomic mass is 35.5. The minimum atomic E-state index is -0.299. The van der Waals surface area contributed by atoms with Crippen molar-refractivity contribution in [2.45, 2.75) is 13.8 Å². The fourth-order valence-corrected chi connectivity index (χ4v) is 2.09. The van der Waals surface area contributed by atoms with Crippen LogP contribution in [0, 0.1) is 6.92 Å². The topological polar surface area (TPSA) is 58.2 Å². The summed E-state index contributed by atoms with van der Waals surface area (Å²) in [6.07, 6.45) is 3.16. The lowest BCUT2D eigenvalue weighted by Crippen LogP contribution is -2.10. The summed E-state index contributed by atoms with van der Waals surface area (Å²) in [6, 6.07) is 12.7. The number of hydrogen-bond donors (Lipinski definition) is 2. The summed E-state index contributed by atoms with van der Waals surface area (Å²) in [6.45, 7) is 3.42. The lowest BCUT2D eigenvalue weighted by Gasteiger charge is -2.08. The Hall–Kier alpha value is -2.59. The van der Waals surface area contributed by atoms with Crippen LogP contribution in [0.1, 0.15) is 18.1 Å². The van der Waals surface area contributed by atoms with E-state index in [1.165, 1.54) is 13.0 Å². The normalized spacial score (nSPS) is 10.6. The maximum Gasteiger partial charge on any atom is 0.248 e. The van der Waals surface area contributed by atoms with E-state index in [9.17, 15) is 9.59 Å². The van der Waals surface area contributed by atoms with Crippen LogP contribution in [0.5, 0.6) is 0 Å². The summed E-state index contributed by atoms with van der Waals surface area (Å²) in [4.78, 5) is 23.1. The zero-order valence-corrected chi connectivity index (χ0v) is 13.6. The molecule has 4 nitrogen and oxygen atoms in total. The average Bonchev–Trinajstić information content (AvgIpc) is 2.49. The molecule has 0 radical (unpaired) electrons. The van der Waals surface area contributed by atoms with Crippen molar-refractivity contribution in [2.24, 2.45) is 0 Å². The molecular formula is C18H17ClN2O2. The number of rotatable bonds is 4. The van der Waals surface area contributed by atoms with Gasteiger partial charge in [-0.15, -0.1) is 0 Å². The van der Waals surface area contributed by atoms with Crippen LogP contribution < -0.4 is 10.6 Å². The molecule has 0 spiro atoms. The third kappa shape index (κ3) is 5.27. The van der Waals surface area contributed by atoms with Crippen LogP contribution in [0.2, 0.25) is 5.02 Å². The van der Waals surface area contributed by atoms with E-state index in [0.717, 1.165) is 11.1 Å². The van der Waals surface area contributed by atoms with Gasteiger partial charge >= 0.3 is 0 Å². The number of carbonyl (C=O) groups excluding carboxylic acids is 2. The largest absolute Gasteiger partial charge is 0.326 e. The molecule has 2 rings (SSSR count). The molecule has 2 amide bonds. The first-order chi connectivity index (χ1) is 10.9. The van der Waals surface area contributed by atoms with Gasteiger partial charge in [0.2, 0.25) is 11.8 Å². The second-order valence-corrected chi connectivity index (χ2v) is 5.52. The Morgan fingerprint density at radius 2 is 1.74 bits per heavy atom. The Labute approximate surface area is 140 Å². The van der Waals surface area contributed by atoms with E-state index in [4.69, 9.17) is 11.6 Å². The lowest BCUT2D eigenvalue weighted by atomic mass is 10.1. The first-order valence-electron chi connectivity index (χ1n) is 7.07. The van der Waals surface area contributed by atoms with Gasteiger partial charge in [-0.3, -0.25) is 9.59 Å². The van der Waals surface area contributed by atoms with E-state index < -0.39 is 0 Å². The van der Waals surface area contributed by atoms with Gasteiger partial charge < -0.3 is 10.6 Å². The summed E-state index contributed by atoms with van der Waals surface area (Å²) in [5.74, 6) is -0.490. The molecule has 118 valence electrons. The van der Waals surface area contributed by atoms with Gasteiger partial charge in [-0.25, -0.2) is 0 Å². The van der Waals surface area contributed by atoms with Gasteiger partial charge in [0.05, 0.1) is 10.7 Å². The van der Waals surface area contributed by atoms with Gasteiger partial charge in [0.15, 0.2) is 0 Å². The summed E-state index contributed by atoms with van der Waals surface area (Å²) >= 11 is 6.06. The first-order valence-corrected chi connectivity index (χ1v) is 7.45. The molecule has 2 aromatic rings. The minimum Gasteiger partial charge on any atom is -0.326 e. The Bertz CT molecular complexity index is 752. The molecule has 0 aliphatic carbocycles. The Morgan fingerprint density at radius 1 is 1.04 bits per heavy atom. The molecule has 0 heterocycles. The molecule has 0 saturated carbocycles. The minimum absolute atomic E-state index is 0.191. The third-order valence-electron chi connectivity index (χ3n) is 3.05. The number of halogens is 1. The van der Waals surface area contributed by atoms with Gasteiger partial charge in [-0.05, 0) is 36.8 Å². The second-order valence-electron chi connectivity index (χ2n) is 5.11.